The van der Waals surface area contributed by atoms with Crippen molar-refractivity contribution in [2.45, 2.75) is 31.6 Å². The zero-order valence-electron chi connectivity index (χ0n) is 14.9. The lowest BCUT2D eigenvalue weighted by atomic mass is 10.0. The van der Waals surface area contributed by atoms with Gasteiger partial charge in [-0.25, -0.2) is 13.1 Å². The molecule has 0 aromatic carbocycles. The summed E-state index contributed by atoms with van der Waals surface area (Å²) in [4.78, 5) is 12.3. The number of fused-ring (bicyclic) bond motifs is 1. The number of carbonyl (C=O) groups is 1. The number of nitrogens with one attached hydrogen (secondary N) is 1. The SMILES string of the molecule is Cc1nn(C)cc1[C@@H]1SCC(=O)Nc2c1c(C)nn2[C@H]1CCS(=O)(=O)C1. The third-order valence-electron chi connectivity index (χ3n) is 4.92. The number of nitrogens with zero attached hydrogens (tertiary/aromatic N) is 4. The first-order chi connectivity index (χ1) is 12.2. The number of rotatable bonds is 2. The summed E-state index contributed by atoms with van der Waals surface area (Å²) in [5.41, 5.74) is 3.73. The van der Waals surface area contributed by atoms with Crippen LogP contribution < -0.4 is 5.32 Å². The average Bonchev–Trinajstić information content (AvgIpc) is 3.13. The molecule has 0 spiro atoms. The first-order valence-corrected chi connectivity index (χ1v) is 11.3. The van der Waals surface area contributed by atoms with Crippen molar-refractivity contribution >= 4 is 33.3 Å². The van der Waals surface area contributed by atoms with Crippen LogP contribution in [0.3, 0.4) is 0 Å². The zero-order valence-corrected chi connectivity index (χ0v) is 16.5. The lowest BCUT2D eigenvalue weighted by molar-refractivity contribution is -0.113. The van der Waals surface area contributed by atoms with Crippen LogP contribution in [0.1, 0.15) is 40.2 Å². The van der Waals surface area contributed by atoms with Gasteiger partial charge in [0.25, 0.3) is 0 Å². The van der Waals surface area contributed by atoms with E-state index in [-0.39, 0.29) is 28.7 Å². The first-order valence-electron chi connectivity index (χ1n) is 8.46. The van der Waals surface area contributed by atoms with E-state index in [0.717, 1.165) is 22.5 Å². The van der Waals surface area contributed by atoms with Gasteiger partial charge in [-0.2, -0.15) is 10.2 Å². The van der Waals surface area contributed by atoms with Gasteiger partial charge >= 0.3 is 0 Å². The second-order valence-electron chi connectivity index (χ2n) is 6.93. The Hall–Kier alpha value is -1.81. The molecule has 8 nitrogen and oxygen atoms in total. The van der Waals surface area contributed by atoms with Crippen molar-refractivity contribution in [2.24, 2.45) is 7.05 Å². The molecule has 26 heavy (non-hydrogen) atoms. The van der Waals surface area contributed by atoms with E-state index in [1.165, 1.54) is 0 Å². The second-order valence-corrected chi connectivity index (χ2v) is 10.3. The maximum atomic E-state index is 12.3. The number of amides is 1. The van der Waals surface area contributed by atoms with Crippen molar-refractivity contribution in [3.8, 4) is 0 Å². The van der Waals surface area contributed by atoms with E-state index < -0.39 is 9.84 Å². The number of aryl methyl sites for hydroxylation is 3. The van der Waals surface area contributed by atoms with E-state index >= 15 is 0 Å². The molecule has 1 saturated heterocycles. The van der Waals surface area contributed by atoms with E-state index in [9.17, 15) is 13.2 Å². The largest absolute Gasteiger partial charge is 0.310 e. The highest BCUT2D eigenvalue weighted by molar-refractivity contribution is 8.00. The normalized spacial score (nSPS) is 25.0. The molecule has 140 valence electrons. The van der Waals surface area contributed by atoms with Crippen molar-refractivity contribution in [3.63, 3.8) is 0 Å². The molecular formula is C16H21N5O3S2. The lowest BCUT2D eigenvalue weighted by Crippen LogP contribution is -2.20. The molecule has 2 aliphatic rings. The van der Waals surface area contributed by atoms with Crippen LogP contribution in [0.25, 0.3) is 0 Å². The number of hydrogen-bond donors (Lipinski definition) is 1. The molecule has 0 saturated carbocycles. The summed E-state index contributed by atoms with van der Waals surface area (Å²) in [6, 6.07) is -0.235. The minimum absolute atomic E-state index is 0.0654. The monoisotopic (exact) mass is 395 g/mol. The summed E-state index contributed by atoms with van der Waals surface area (Å²) in [5.74, 6) is 1.10. The predicted octanol–water partition coefficient (Wildman–Crippen LogP) is 1.37. The van der Waals surface area contributed by atoms with Crippen LogP contribution in [-0.2, 0) is 21.7 Å². The third-order valence-corrected chi connectivity index (χ3v) is 7.92. The minimum atomic E-state index is -3.04. The van der Waals surface area contributed by atoms with Gasteiger partial charge in [0.05, 0.1) is 39.9 Å². The lowest BCUT2D eigenvalue weighted by Gasteiger charge is -2.16. The molecule has 2 aromatic rings. The highest BCUT2D eigenvalue weighted by Gasteiger charge is 2.36. The van der Waals surface area contributed by atoms with Gasteiger partial charge in [-0.3, -0.25) is 9.48 Å². The molecule has 2 aliphatic heterocycles. The zero-order chi connectivity index (χ0) is 18.6. The second kappa shape index (κ2) is 6.12. The fourth-order valence-corrected chi connectivity index (χ4v) is 6.70. The number of anilines is 1. The van der Waals surface area contributed by atoms with Gasteiger partial charge < -0.3 is 5.32 Å². The van der Waals surface area contributed by atoms with Crippen molar-refractivity contribution in [3.05, 3.63) is 28.7 Å². The quantitative estimate of drug-likeness (QED) is 0.825. The predicted molar refractivity (Wildman–Crippen MR) is 100 cm³/mol. The van der Waals surface area contributed by atoms with E-state index in [4.69, 9.17) is 0 Å². The van der Waals surface area contributed by atoms with Crippen molar-refractivity contribution in [2.75, 3.05) is 22.6 Å². The Bertz CT molecular complexity index is 992. The fourth-order valence-electron chi connectivity index (χ4n) is 3.76. The van der Waals surface area contributed by atoms with Gasteiger partial charge in [0.15, 0.2) is 9.84 Å². The molecule has 4 heterocycles. The summed E-state index contributed by atoms with van der Waals surface area (Å²) < 4.78 is 27.3. The van der Waals surface area contributed by atoms with Gasteiger partial charge in [-0.15, -0.1) is 11.8 Å². The van der Waals surface area contributed by atoms with Crippen LogP contribution in [0.5, 0.6) is 0 Å². The Kier molecular flexibility index (Phi) is 4.14. The summed E-state index contributed by atoms with van der Waals surface area (Å²) in [5, 5.41) is 12.0. The van der Waals surface area contributed by atoms with Crippen LogP contribution in [-0.4, -0.2) is 51.1 Å². The highest BCUT2D eigenvalue weighted by atomic mass is 32.2. The van der Waals surface area contributed by atoms with E-state index in [2.05, 4.69) is 15.5 Å². The van der Waals surface area contributed by atoms with E-state index in [0.29, 0.717) is 18.0 Å². The molecule has 1 N–H and O–H groups in total. The molecule has 1 amide bonds. The maximum absolute atomic E-state index is 12.3. The first kappa shape index (κ1) is 17.6. The average molecular weight is 396 g/mol. The summed E-state index contributed by atoms with van der Waals surface area (Å²) in [6.07, 6.45) is 2.50. The van der Waals surface area contributed by atoms with E-state index in [1.807, 2.05) is 27.1 Å². The van der Waals surface area contributed by atoms with Gasteiger partial charge in [-0.05, 0) is 20.3 Å². The molecule has 0 unspecified atom stereocenters. The van der Waals surface area contributed by atoms with Crippen LogP contribution >= 0.6 is 11.8 Å². The van der Waals surface area contributed by atoms with E-state index in [1.54, 1.807) is 21.1 Å². The smallest absolute Gasteiger partial charge is 0.235 e. The van der Waals surface area contributed by atoms with Gasteiger partial charge in [0.2, 0.25) is 5.91 Å². The van der Waals surface area contributed by atoms with Gasteiger partial charge in [0.1, 0.15) is 5.82 Å². The molecular weight excluding hydrogens is 374 g/mol. The molecule has 2 aromatic heterocycles. The van der Waals surface area contributed by atoms with Gasteiger partial charge in [0, 0.05) is 24.4 Å². The Labute approximate surface area is 156 Å². The molecule has 2 atom stereocenters. The third kappa shape index (κ3) is 2.94. The molecule has 1 fully saturated rings. The van der Waals surface area contributed by atoms with Crippen LogP contribution in [0.4, 0.5) is 5.82 Å². The number of carbonyl (C=O) groups excluding carboxylic acids is 1. The topological polar surface area (TPSA) is 98.9 Å². The maximum Gasteiger partial charge on any atom is 0.235 e. The Morgan fingerprint density at radius 3 is 2.65 bits per heavy atom. The Morgan fingerprint density at radius 1 is 1.27 bits per heavy atom. The molecule has 4 rings (SSSR count). The summed E-state index contributed by atoms with van der Waals surface area (Å²) in [7, 11) is -1.17. The fraction of sp³-hybridized carbons (Fsp3) is 0.562. The van der Waals surface area contributed by atoms with Crippen LogP contribution in [0.2, 0.25) is 0 Å². The van der Waals surface area contributed by atoms with Gasteiger partial charge in [-0.1, -0.05) is 0 Å². The minimum Gasteiger partial charge on any atom is -0.310 e. The number of hydrogen-bond acceptors (Lipinski definition) is 6. The standard InChI is InChI=1S/C16H21N5O3S2/c1-9-12(6-20(3)18-9)15-14-10(2)19-21(11-4-5-26(23,24)8-11)16(14)17-13(22)7-25-15/h6,11,15H,4-5,7-8H2,1-3H3,(H,17,22)/t11-,15-/m0/s1. The molecule has 0 radical (unpaired) electrons. The van der Waals surface area contributed by atoms with Crippen molar-refractivity contribution in [1.29, 1.82) is 0 Å². The van der Waals surface area contributed by atoms with Crippen LogP contribution in [0.15, 0.2) is 6.20 Å². The summed E-state index contributed by atoms with van der Waals surface area (Å²) in [6.45, 7) is 3.87. The highest BCUT2D eigenvalue weighted by Crippen LogP contribution is 2.45. The summed E-state index contributed by atoms with van der Waals surface area (Å²) >= 11 is 1.55. The van der Waals surface area contributed by atoms with Crippen molar-refractivity contribution < 1.29 is 13.2 Å². The number of sulfone groups is 1. The van der Waals surface area contributed by atoms with Crippen molar-refractivity contribution in [1.82, 2.24) is 19.6 Å². The molecule has 0 aliphatic carbocycles. The number of thioether (sulfide) groups is 1. The Morgan fingerprint density at radius 2 is 2.04 bits per heavy atom. The molecule has 0 bridgehead atoms. The molecule has 10 heteroatoms. The van der Waals surface area contributed by atoms with Crippen LogP contribution in [0, 0.1) is 13.8 Å². The number of aromatic nitrogens is 4. The Balaban J connectivity index is 1.84.